The fraction of sp³-hybridized carbons (Fsp3) is 0.231. The van der Waals surface area contributed by atoms with Gasteiger partial charge in [-0.3, -0.25) is 4.79 Å². The summed E-state index contributed by atoms with van der Waals surface area (Å²) in [5.74, 6) is 0.0975. The van der Waals surface area contributed by atoms with Gasteiger partial charge in [-0.2, -0.15) is 0 Å². The first-order chi connectivity index (χ1) is 15.1. The maximum Gasteiger partial charge on any atom is 0.339 e. The number of benzene rings is 3. The van der Waals surface area contributed by atoms with E-state index in [9.17, 15) is 9.59 Å². The molecule has 5 heteroatoms. The van der Waals surface area contributed by atoms with Crippen LogP contribution in [0.4, 0.5) is 5.69 Å². The summed E-state index contributed by atoms with van der Waals surface area (Å²) < 4.78 is 11.0. The van der Waals surface area contributed by atoms with Crippen LogP contribution in [-0.2, 0) is 16.1 Å². The highest BCUT2D eigenvalue weighted by atomic mass is 16.5. The second-order valence-electron chi connectivity index (χ2n) is 7.28. The molecule has 3 aromatic carbocycles. The molecule has 0 saturated heterocycles. The molecular formula is C26H27NO4. The van der Waals surface area contributed by atoms with Gasteiger partial charge in [0.1, 0.15) is 12.4 Å². The standard InChI is InChI=1S/C26H27NO4/c1-3-19(2)22-14-9-10-16-24(22)27-25(28)18-31-26(29)23-15-8-7-11-20(23)17-30-21-12-5-4-6-13-21/h4-16,19H,3,17-18H2,1-2H3,(H,27,28)/t19-/m1/s1. The third-order valence-corrected chi connectivity index (χ3v) is 5.09. The maximum absolute atomic E-state index is 12.6. The number of amides is 1. The minimum Gasteiger partial charge on any atom is -0.489 e. The second kappa shape index (κ2) is 11.0. The lowest BCUT2D eigenvalue weighted by Crippen LogP contribution is -2.22. The highest BCUT2D eigenvalue weighted by Gasteiger charge is 2.16. The molecule has 0 unspecified atom stereocenters. The Bertz CT molecular complexity index is 1020. The van der Waals surface area contributed by atoms with Crippen molar-refractivity contribution in [2.24, 2.45) is 0 Å². The Morgan fingerprint density at radius 1 is 0.903 bits per heavy atom. The van der Waals surface area contributed by atoms with Crippen LogP contribution in [0.5, 0.6) is 5.75 Å². The summed E-state index contributed by atoms with van der Waals surface area (Å²) in [7, 11) is 0. The molecule has 0 radical (unpaired) electrons. The molecule has 0 bridgehead atoms. The van der Waals surface area contributed by atoms with Crippen LogP contribution in [0.2, 0.25) is 0 Å². The number of anilines is 1. The van der Waals surface area contributed by atoms with Gasteiger partial charge in [-0.1, -0.05) is 68.4 Å². The summed E-state index contributed by atoms with van der Waals surface area (Å²) in [5, 5.41) is 2.85. The van der Waals surface area contributed by atoms with Crippen molar-refractivity contribution in [2.75, 3.05) is 11.9 Å². The summed E-state index contributed by atoms with van der Waals surface area (Å²) in [4.78, 5) is 25.0. The number of carbonyl (C=O) groups is 2. The van der Waals surface area contributed by atoms with E-state index in [2.05, 4.69) is 19.2 Å². The van der Waals surface area contributed by atoms with E-state index in [1.165, 1.54) is 0 Å². The lowest BCUT2D eigenvalue weighted by molar-refractivity contribution is -0.119. The van der Waals surface area contributed by atoms with E-state index in [-0.39, 0.29) is 19.1 Å². The Morgan fingerprint density at radius 2 is 1.58 bits per heavy atom. The summed E-state index contributed by atoms with van der Waals surface area (Å²) >= 11 is 0. The van der Waals surface area contributed by atoms with Crippen molar-refractivity contribution in [1.29, 1.82) is 0 Å². The molecule has 0 heterocycles. The van der Waals surface area contributed by atoms with Gasteiger partial charge in [0.25, 0.3) is 5.91 Å². The molecule has 160 valence electrons. The Balaban J connectivity index is 1.59. The zero-order valence-corrected chi connectivity index (χ0v) is 17.8. The Kier molecular flexibility index (Phi) is 7.82. The third-order valence-electron chi connectivity index (χ3n) is 5.09. The number of hydrogen-bond donors (Lipinski definition) is 1. The van der Waals surface area contributed by atoms with Gasteiger partial charge in [0.2, 0.25) is 0 Å². The van der Waals surface area contributed by atoms with Crippen LogP contribution in [0.15, 0.2) is 78.9 Å². The van der Waals surface area contributed by atoms with Crippen molar-refractivity contribution in [3.05, 3.63) is 95.6 Å². The smallest absolute Gasteiger partial charge is 0.339 e. The largest absolute Gasteiger partial charge is 0.489 e. The average Bonchev–Trinajstić information content (AvgIpc) is 2.82. The molecule has 5 nitrogen and oxygen atoms in total. The number of carbonyl (C=O) groups excluding carboxylic acids is 2. The molecule has 0 aliphatic carbocycles. The first kappa shape index (κ1) is 22.1. The van der Waals surface area contributed by atoms with E-state index in [1.807, 2.05) is 66.7 Å². The molecule has 0 fully saturated rings. The van der Waals surface area contributed by atoms with Crippen LogP contribution in [0.1, 0.15) is 47.7 Å². The minimum absolute atomic E-state index is 0.226. The van der Waals surface area contributed by atoms with Crippen molar-refractivity contribution in [2.45, 2.75) is 32.8 Å². The fourth-order valence-corrected chi connectivity index (χ4v) is 3.18. The predicted molar refractivity (Wildman–Crippen MR) is 121 cm³/mol. The molecule has 0 aliphatic heterocycles. The highest BCUT2D eigenvalue weighted by Crippen LogP contribution is 2.26. The van der Waals surface area contributed by atoms with Crippen LogP contribution in [0.3, 0.4) is 0 Å². The van der Waals surface area contributed by atoms with Crippen LogP contribution < -0.4 is 10.1 Å². The molecule has 1 amide bonds. The Hall–Kier alpha value is -3.60. The Labute approximate surface area is 183 Å². The minimum atomic E-state index is -0.558. The van der Waals surface area contributed by atoms with E-state index in [0.717, 1.165) is 17.7 Å². The van der Waals surface area contributed by atoms with Crippen LogP contribution >= 0.6 is 0 Å². The summed E-state index contributed by atoms with van der Waals surface area (Å²) in [6.07, 6.45) is 0.962. The van der Waals surface area contributed by atoms with Crippen LogP contribution in [0.25, 0.3) is 0 Å². The molecular weight excluding hydrogens is 390 g/mol. The SMILES string of the molecule is CC[C@@H](C)c1ccccc1NC(=O)COC(=O)c1ccccc1COc1ccccc1. The van der Waals surface area contributed by atoms with Crippen molar-refractivity contribution >= 4 is 17.6 Å². The quantitative estimate of drug-likeness (QED) is 0.462. The van der Waals surface area contributed by atoms with Gasteiger partial charge in [0.05, 0.1) is 5.56 Å². The van der Waals surface area contributed by atoms with Gasteiger partial charge in [-0.25, -0.2) is 4.79 Å². The molecule has 0 aliphatic rings. The van der Waals surface area contributed by atoms with Gasteiger partial charge >= 0.3 is 5.97 Å². The lowest BCUT2D eigenvalue weighted by atomic mass is 9.97. The normalized spacial score (nSPS) is 11.4. The van der Waals surface area contributed by atoms with Gasteiger partial charge < -0.3 is 14.8 Å². The van der Waals surface area contributed by atoms with E-state index in [0.29, 0.717) is 22.8 Å². The zero-order chi connectivity index (χ0) is 22.1. The van der Waals surface area contributed by atoms with Crippen LogP contribution in [-0.4, -0.2) is 18.5 Å². The van der Waals surface area contributed by atoms with E-state index < -0.39 is 5.97 Å². The van der Waals surface area contributed by atoms with Gasteiger partial charge in [-0.05, 0) is 42.2 Å². The first-order valence-electron chi connectivity index (χ1n) is 10.4. The summed E-state index contributed by atoms with van der Waals surface area (Å²) in [6.45, 7) is 4.08. The summed E-state index contributed by atoms with van der Waals surface area (Å²) in [6, 6.07) is 24.1. The lowest BCUT2D eigenvalue weighted by Gasteiger charge is -2.16. The topological polar surface area (TPSA) is 64.6 Å². The van der Waals surface area contributed by atoms with Gasteiger partial charge in [0, 0.05) is 11.3 Å². The number of esters is 1. The third kappa shape index (κ3) is 6.19. The molecule has 0 saturated carbocycles. The van der Waals surface area contributed by atoms with E-state index in [1.54, 1.807) is 12.1 Å². The summed E-state index contributed by atoms with van der Waals surface area (Å²) in [5.41, 5.74) is 2.88. The number of nitrogens with one attached hydrogen (secondary N) is 1. The van der Waals surface area contributed by atoms with Crippen molar-refractivity contribution < 1.29 is 19.1 Å². The maximum atomic E-state index is 12.6. The second-order valence-corrected chi connectivity index (χ2v) is 7.28. The van der Waals surface area contributed by atoms with Crippen molar-refractivity contribution in [1.82, 2.24) is 0 Å². The Morgan fingerprint density at radius 3 is 2.35 bits per heavy atom. The van der Waals surface area contributed by atoms with Crippen LogP contribution in [0, 0.1) is 0 Å². The van der Waals surface area contributed by atoms with Crippen molar-refractivity contribution in [3.8, 4) is 5.75 Å². The molecule has 3 aromatic rings. The van der Waals surface area contributed by atoms with E-state index in [4.69, 9.17) is 9.47 Å². The van der Waals surface area contributed by atoms with E-state index >= 15 is 0 Å². The zero-order valence-electron chi connectivity index (χ0n) is 17.8. The monoisotopic (exact) mass is 417 g/mol. The van der Waals surface area contributed by atoms with Crippen molar-refractivity contribution in [3.63, 3.8) is 0 Å². The highest BCUT2D eigenvalue weighted by molar-refractivity contribution is 5.96. The number of hydrogen-bond acceptors (Lipinski definition) is 4. The number of para-hydroxylation sites is 2. The molecule has 3 rings (SSSR count). The molecule has 0 spiro atoms. The first-order valence-corrected chi connectivity index (χ1v) is 10.4. The fourth-order valence-electron chi connectivity index (χ4n) is 3.18. The van der Waals surface area contributed by atoms with Gasteiger partial charge in [-0.15, -0.1) is 0 Å². The predicted octanol–water partition coefficient (Wildman–Crippen LogP) is 5.57. The van der Waals surface area contributed by atoms with Gasteiger partial charge in [0.15, 0.2) is 6.61 Å². The number of ether oxygens (including phenoxy) is 2. The molecule has 31 heavy (non-hydrogen) atoms. The average molecular weight is 418 g/mol. The number of rotatable bonds is 9. The molecule has 1 N–H and O–H groups in total. The molecule has 0 aromatic heterocycles. The molecule has 1 atom stereocenters.